The molecule has 0 saturated carbocycles. The maximum absolute atomic E-state index is 5.84. The molecule has 1 heterocycles. The van der Waals surface area contributed by atoms with Crippen molar-refractivity contribution >= 4 is 27.4 Å². The second-order valence-corrected chi connectivity index (χ2v) is 4.77. The molecule has 0 spiro atoms. The number of hydrogen-bond donors (Lipinski definition) is 2. The maximum Gasteiger partial charge on any atom is 0.149 e. The second-order valence-electron chi connectivity index (χ2n) is 3.86. The molecule has 2 aromatic rings. The fourth-order valence-electron chi connectivity index (χ4n) is 1.58. The highest BCUT2D eigenvalue weighted by atomic mass is 79.9. The van der Waals surface area contributed by atoms with Gasteiger partial charge in [-0.1, -0.05) is 28.1 Å². The number of benzene rings is 1. The highest BCUT2D eigenvalue weighted by Crippen LogP contribution is 2.22. The molecule has 0 amide bonds. The van der Waals surface area contributed by atoms with E-state index in [0.717, 1.165) is 10.3 Å². The minimum atomic E-state index is 0.167. The average molecular weight is 292 g/mol. The van der Waals surface area contributed by atoms with Gasteiger partial charge < -0.3 is 11.1 Å². The summed E-state index contributed by atoms with van der Waals surface area (Å²) in [6.07, 6.45) is 1.73. The Kier molecular flexibility index (Phi) is 3.64. The van der Waals surface area contributed by atoms with E-state index in [2.05, 4.69) is 45.3 Å². The Hall–Kier alpha value is -1.55. The lowest BCUT2D eigenvalue weighted by Crippen LogP contribution is -2.09. The molecular formula is C13H14BrN3. The molecule has 1 aromatic carbocycles. The van der Waals surface area contributed by atoms with Gasteiger partial charge in [-0.2, -0.15) is 0 Å². The summed E-state index contributed by atoms with van der Waals surface area (Å²) in [5.41, 5.74) is 7.69. The summed E-state index contributed by atoms with van der Waals surface area (Å²) in [6, 6.07) is 12.0. The zero-order valence-electron chi connectivity index (χ0n) is 9.52. The van der Waals surface area contributed by atoms with Crippen molar-refractivity contribution in [3.8, 4) is 0 Å². The number of nitrogens with one attached hydrogen (secondary N) is 1. The van der Waals surface area contributed by atoms with Crippen LogP contribution in [-0.4, -0.2) is 4.98 Å². The maximum atomic E-state index is 5.84. The van der Waals surface area contributed by atoms with Crippen molar-refractivity contribution in [3.05, 3.63) is 52.6 Å². The van der Waals surface area contributed by atoms with Gasteiger partial charge in [0.2, 0.25) is 0 Å². The van der Waals surface area contributed by atoms with Crippen molar-refractivity contribution < 1.29 is 0 Å². The highest BCUT2D eigenvalue weighted by molar-refractivity contribution is 9.10. The van der Waals surface area contributed by atoms with E-state index in [-0.39, 0.29) is 6.04 Å². The van der Waals surface area contributed by atoms with Gasteiger partial charge in [0.05, 0.1) is 11.7 Å². The Bertz CT molecular complexity index is 496. The lowest BCUT2D eigenvalue weighted by Gasteiger charge is -2.16. The third-order valence-corrected chi connectivity index (χ3v) is 3.09. The van der Waals surface area contributed by atoms with Crippen LogP contribution >= 0.6 is 15.9 Å². The number of nitrogens with zero attached hydrogens (tertiary/aromatic N) is 1. The van der Waals surface area contributed by atoms with E-state index < -0.39 is 0 Å². The van der Waals surface area contributed by atoms with Gasteiger partial charge in [0.25, 0.3) is 0 Å². The van der Waals surface area contributed by atoms with Crippen LogP contribution in [0.5, 0.6) is 0 Å². The molecule has 3 N–H and O–H groups in total. The Morgan fingerprint density at radius 1 is 1.24 bits per heavy atom. The highest BCUT2D eigenvalue weighted by Gasteiger charge is 2.07. The normalized spacial score (nSPS) is 12.1. The van der Waals surface area contributed by atoms with Crippen LogP contribution in [0.2, 0.25) is 0 Å². The number of aromatic nitrogens is 1. The first-order valence-electron chi connectivity index (χ1n) is 5.39. The van der Waals surface area contributed by atoms with Crippen LogP contribution in [-0.2, 0) is 0 Å². The SMILES string of the molecule is CC(Nc1ncccc1N)c1ccc(Br)cc1. The number of anilines is 2. The summed E-state index contributed by atoms with van der Waals surface area (Å²) < 4.78 is 1.07. The van der Waals surface area contributed by atoms with Crippen LogP contribution in [0.4, 0.5) is 11.5 Å². The minimum absolute atomic E-state index is 0.167. The van der Waals surface area contributed by atoms with Gasteiger partial charge in [-0.15, -0.1) is 0 Å². The van der Waals surface area contributed by atoms with E-state index in [0.29, 0.717) is 5.69 Å². The minimum Gasteiger partial charge on any atom is -0.396 e. The van der Waals surface area contributed by atoms with Crippen LogP contribution in [0.25, 0.3) is 0 Å². The van der Waals surface area contributed by atoms with Gasteiger partial charge in [0.1, 0.15) is 5.82 Å². The molecule has 0 aliphatic heterocycles. The number of nitrogen functional groups attached to an aromatic ring is 1. The summed E-state index contributed by atoms with van der Waals surface area (Å²) in [7, 11) is 0. The summed E-state index contributed by atoms with van der Waals surface area (Å²) in [4.78, 5) is 4.22. The van der Waals surface area contributed by atoms with Crippen molar-refractivity contribution in [3.63, 3.8) is 0 Å². The zero-order valence-corrected chi connectivity index (χ0v) is 11.1. The molecule has 0 saturated heterocycles. The smallest absolute Gasteiger partial charge is 0.149 e. The molecule has 0 aliphatic rings. The summed E-state index contributed by atoms with van der Waals surface area (Å²) in [5, 5.41) is 3.29. The van der Waals surface area contributed by atoms with E-state index in [4.69, 9.17) is 5.73 Å². The molecule has 1 atom stereocenters. The number of hydrogen-bond acceptors (Lipinski definition) is 3. The van der Waals surface area contributed by atoms with Gasteiger partial charge >= 0.3 is 0 Å². The molecule has 17 heavy (non-hydrogen) atoms. The first-order valence-corrected chi connectivity index (χ1v) is 6.18. The van der Waals surface area contributed by atoms with Gasteiger partial charge in [0.15, 0.2) is 0 Å². The predicted molar refractivity (Wildman–Crippen MR) is 74.8 cm³/mol. The van der Waals surface area contributed by atoms with Crippen LogP contribution in [0.3, 0.4) is 0 Å². The molecule has 3 nitrogen and oxygen atoms in total. The Balaban J connectivity index is 2.14. The predicted octanol–water partition coefficient (Wildman–Crippen LogP) is 3.60. The summed E-state index contributed by atoms with van der Waals surface area (Å²) in [6.45, 7) is 2.08. The van der Waals surface area contributed by atoms with Gasteiger partial charge in [-0.05, 0) is 36.8 Å². The lowest BCUT2D eigenvalue weighted by atomic mass is 10.1. The molecule has 4 heteroatoms. The zero-order chi connectivity index (χ0) is 12.3. The number of pyridine rings is 1. The van der Waals surface area contributed by atoms with E-state index in [1.165, 1.54) is 5.56 Å². The standard InChI is InChI=1S/C13H14BrN3/c1-9(10-4-6-11(14)7-5-10)17-13-12(15)3-2-8-16-13/h2-9H,15H2,1H3,(H,16,17). The molecule has 0 aliphatic carbocycles. The number of halogens is 1. The van der Waals surface area contributed by atoms with Crippen molar-refractivity contribution in [2.75, 3.05) is 11.1 Å². The van der Waals surface area contributed by atoms with Crippen LogP contribution in [0.1, 0.15) is 18.5 Å². The Labute approximate surface area is 109 Å². The van der Waals surface area contributed by atoms with Crippen molar-refractivity contribution in [1.29, 1.82) is 0 Å². The van der Waals surface area contributed by atoms with E-state index in [1.807, 2.05) is 24.3 Å². The van der Waals surface area contributed by atoms with Crippen molar-refractivity contribution in [2.45, 2.75) is 13.0 Å². The second kappa shape index (κ2) is 5.19. The largest absolute Gasteiger partial charge is 0.396 e. The van der Waals surface area contributed by atoms with Crippen molar-refractivity contribution in [1.82, 2.24) is 4.98 Å². The van der Waals surface area contributed by atoms with Gasteiger partial charge in [0, 0.05) is 10.7 Å². The molecular weight excluding hydrogens is 278 g/mol. The Morgan fingerprint density at radius 2 is 1.94 bits per heavy atom. The van der Waals surface area contributed by atoms with E-state index in [1.54, 1.807) is 6.20 Å². The summed E-state index contributed by atoms with van der Waals surface area (Å²) in [5.74, 6) is 0.725. The molecule has 0 bridgehead atoms. The summed E-state index contributed by atoms with van der Waals surface area (Å²) >= 11 is 3.42. The third kappa shape index (κ3) is 2.97. The fourth-order valence-corrected chi connectivity index (χ4v) is 1.84. The monoisotopic (exact) mass is 291 g/mol. The molecule has 1 aromatic heterocycles. The van der Waals surface area contributed by atoms with E-state index >= 15 is 0 Å². The van der Waals surface area contributed by atoms with Crippen molar-refractivity contribution in [2.24, 2.45) is 0 Å². The average Bonchev–Trinajstić information content (AvgIpc) is 2.33. The molecule has 1 unspecified atom stereocenters. The van der Waals surface area contributed by atoms with Crippen LogP contribution in [0.15, 0.2) is 47.1 Å². The number of rotatable bonds is 3. The first kappa shape index (κ1) is 11.9. The molecule has 0 radical (unpaired) electrons. The molecule has 2 rings (SSSR count). The van der Waals surface area contributed by atoms with Crippen LogP contribution < -0.4 is 11.1 Å². The van der Waals surface area contributed by atoms with Gasteiger partial charge in [-0.25, -0.2) is 4.98 Å². The van der Waals surface area contributed by atoms with Gasteiger partial charge in [-0.3, -0.25) is 0 Å². The molecule has 0 fully saturated rings. The first-order chi connectivity index (χ1) is 8.16. The quantitative estimate of drug-likeness (QED) is 0.908. The third-order valence-electron chi connectivity index (χ3n) is 2.56. The lowest BCUT2D eigenvalue weighted by molar-refractivity contribution is 0.875. The molecule has 88 valence electrons. The number of nitrogens with two attached hydrogens (primary N) is 1. The van der Waals surface area contributed by atoms with Crippen LogP contribution in [0, 0.1) is 0 Å². The van der Waals surface area contributed by atoms with E-state index in [9.17, 15) is 0 Å². The fraction of sp³-hybridized carbons (Fsp3) is 0.154. The topological polar surface area (TPSA) is 50.9 Å². The Morgan fingerprint density at radius 3 is 2.59 bits per heavy atom.